The zero-order valence-corrected chi connectivity index (χ0v) is 19.2. The van der Waals surface area contributed by atoms with Crippen LogP contribution in [0.2, 0.25) is 0 Å². The summed E-state index contributed by atoms with van der Waals surface area (Å²) in [4.78, 5) is 40.4. The molecule has 0 amide bonds. The summed E-state index contributed by atoms with van der Waals surface area (Å²) in [6.07, 6.45) is 8.31. The van der Waals surface area contributed by atoms with Gasteiger partial charge in [0, 0.05) is 11.8 Å². The number of ether oxygens (including phenoxy) is 1. The monoisotopic (exact) mass is 430 g/mol. The largest absolute Gasteiger partial charge is 0.465 e. The lowest BCUT2D eigenvalue weighted by atomic mass is 9.67. The summed E-state index contributed by atoms with van der Waals surface area (Å²) in [7, 11) is 0. The van der Waals surface area contributed by atoms with E-state index in [1.807, 2.05) is 6.92 Å². The van der Waals surface area contributed by atoms with E-state index in [2.05, 4.69) is 16.7 Å². The van der Waals surface area contributed by atoms with E-state index in [4.69, 9.17) is 4.74 Å². The maximum absolute atomic E-state index is 12.0. The third kappa shape index (κ3) is 3.78. The van der Waals surface area contributed by atoms with Crippen molar-refractivity contribution in [3.8, 4) is 0 Å². The van der Waals surface area contributed by atoms with Gasteiger partial charge in [-0.05, 0) is 94.9 Å². The molecular weight excluding hydrogens is 392 g/mol. The SMILES string of the molecule is CC1C(=O)C(=O)C1N1CCC2(CCN(CCC3CCC4C(=O)OCC4C3C)CC2)CC1. The Bertz CT molecular complexity index is 734. The summed E-state index contributed by atoms with van der Waals surface area (Å²) in [5, 5.41) is 0. The summed E-state index contributed by atoms with van der Waals surface area (Å²) in [5.41, 5.74) is 0.444. The molecule has 3 heterocycles. The van der Waals surface area contributed by atoms with E-state index in [1.165, 1.54) is 58.2 Å². The number of fused-ring (bicyclic) bond motifs is 1. The fourth-order valence-electron chi connectivity index (χ4n) is 7.34. The molecule has 5 rings (SSSR count). The molecule has 0 aromatic carbocycles. The van der Waals surface area contributed by atoms with Crippen LogP contribution in [-0.4, -0.2) is 72.7 Å². The number of rotatable bonds is 4. The fourth-order valence-corrected chi connectivity index (χ4v) is 7.34. The van der Waals surface area contributed by atoms with E-state index in [0.29, 0.717) is 23.9 Å². The molecule has 172 valence electrons. The highest BCUT2D eigenvalue weighted by Crippen LogP contribution is 2.45. The Morgan fingerprint density at radius 1 is 0.935 bits per heavy atom. The van der Waals surface area contributed by atoms with Gasteiger partial charge in [0.05, 0.1) is 18.6 Å². The molecule has 6 nitrogen and oxygen atoms in total. The van der Waals surface area contributed by atoms with Crippen molar-refractivity contribution >= 4 is 17.5 Å². The number of carbonyl (C=O) groups is 3. The van der Waals surface area contributed by atoms with Gasteiger partial charge in [-0.3, -0.25) is 19.3 Å². The number of cyclic esters (lactones) is 1. The van der Waals surface area contributed by atoms with Crippen molar-refractivity contribution < 1.29 is 19.1 Å². The van der Waals surface area contributed by atoms with Crippen molar-refractivity contribution in [3.63, 3.8) is 0 Å². The molecule has 0 radical (unpaired) electrons. The Labute approximate surface area is 186 Å². The molecule has 6 heteroatoms. The minimum absolute atomic E-state index is 0.0467. The summed E-state index contributed by atoms with van der Waals surface area (Å²) in [6.45, 7) is 10.4. The van der Waals surface area contributed by atoms with Gasteiger partial charge in [-0.1, -0.05) is 13.8 Å². The van der Waals surface area contributed by atoms with Crippen molar-refractivity contribution in [2.75, 3.05) is 39.3 Å². The van der Waals surface area contributed by atoms with Gasteiger partial charge in [0.2, 0.25) is 11.6 Å². The Morgan fingerprint density at radius 2 is 1.61 bits per heavy atom. The van der Waals surface area contributed by atoms with Crippen molar-refractivity contribution in [2.24, 2.45) is 35.0 Å². The minimum atomic E-state index is -0.173. The van der Waals surface area contributed by atoms with Crippen LogP contribution in [0.25, 0.3) is 0 Å². The predicted octanol–water partition coefficient (Wildman–Crippen LogP) is 2.55. The van der Waals surface area contributed by atoms with Crippen LogP contribution in [0.5, 0.6) is 0 Å². The lowest BCUT2D eigenvalue weighted by Gasteiger charge is -2.50. The van der Waals surface area contributed by atoms with Gasteiger partial charge >= 0.3 is 5.97 Å². The van der Waals surface area contributed by atoms with E-state index in [1.54, 1.807) is 0 Å². The van der Waals surface area contributed by atoms with E-state index < -0.39 is 0 Å². The summed E-state index contributed by atoms with van der Waals surface area (Å²) in [5.74, 6) is 1.54. The summed E-state index contributed by atoms with van der Waals surface area (Å²) >= 11 is 0. The highest BCUT2D eigenvalue weighted by atomic mass is 16.5. The molecule has 3 saturated heterocycles. The second kappa shape index (κ2) is 8.26. The number of nitrogens with zero attached hydrogens (tertiary/aromatic N) is 2. The zero-order chi connectivity index (χ0) is 21.8. The third-order valence-electron chi connectivity index (χ3n) is 9.89. The van der Waals surface area contributed by atoms with Crippen molar-refractivity contribution in [1.82, 2.24) is 9.80 Å². The first kappa shape index (κ1) is 21.6. The number of hydrogen-bond acceptors (Lipinski definition) is 6. The van der Waals surface area contributed by atoms with Crippen LogP contribution >= 0.6 is 0 Å². The molecule has 5 aliphatic rings. The molecule has 5 fully saturated rings. The maximum Gasteiger partial charge on any atom is 0.309 e. The number of piperidine rings is 2. The first-order valence-corrected chi connectivity index (χ1v) is 12.6. The van der Waals surface area contributed by atoms with Crippen molar-refractivity contribution in [3.05, 3.63) is 0 Å². The van der Waals surface area contributed by atoms with E-state index in [9.17, 15) is 14.4 Å². The van der Waals surface area contributed by atoms with Crippen molar-refractivity contribution in [2.45, 2.75) is 64.8 Å². The van der Waals surface area contributed by atoms with E-state index in [-0.39, 0.29) is 35.4 Å². The van der Waals surface area contributed by atoms with Crippen LogP contribution in [0.15, 0.2) is 0 Å². The lowest BCUT2D eigenvalue weighted by Crippen LogP contribution is -2.62. The molecule has 0 aromatic heterocycles. The van der Waals surface area contributed by atoms with Crippen LogP contribution in [0.3, 0.4) is 0 Å². The molecule has 6 atom stereocenters. The molecule has 2 aliphatic carbocycles. The first-order chi connectivity index (χ1) is 14.9. The molecular formula is C25H38N2O4. The van der Waals surface area contributed by atoms with E-state index >= 15 is 0 Å². The summed E-state index contributed by atoms with van der Waals surface area (Å²) < 4.78 is 5.34. The van der Waals surface area contributed by atoms with Gasteiger partial charge in [-0.15, -0.1) is 0 Å². The highest BCUT2D eigenvalue weighted by Gasteiger charge is 2.51. The Balaban J connectivity index is 1.06. The Hall–Kier alpha value is -1.27. The van der Waals surface area contributed by atoms with Gasteiger partial charge in [-0.2, -0.15) is 0 Å². The number of likely N-dealkylation sites (tertiary alicyclic amines) is 2. The van der Waals surface area contributed by atoms with Crippen LogP contribution in [0, 0.1) is 35.0 Å². The first-order valence-electron chi connectivity index (χ1n) is 12.6. The van der Waals surface area contributed by atoms with Gasteiger partial charge in [0.15, 0.2) is 0 Å². The number of ketones is 2. The minimum Gasteiger partial charge on any atom is -0.465 e. The van der Waals surface area contributed by atoms with Crippen LogP contribution in [-0.2, 0) is 19.1 Å². The lowest BCUT2D eigenvalue weighted by molar-refractivity contribution is -0.155. The van der Waals surface area contributed by atoms with Crippen LogP contribution in [0.4, 0.5) is 0 Å². The van der Waals surface area contributed by atoms with Crippen molar-refractivity contribution in [1.29, 1.82) is 0 Å². The highest BCUT2D eigenvalue weighted by molar-refractivity contribution is 6.47. The van der Waals surface area contributed by atoms with E-state index in [0.717, 1.165) is 25.4 Å². The Morgan fingerprint density at radius 3 is 2.29 bits per heavy atom. The van der Waals surface area contributed by atoms with Crippen LogP contribution < -0.4 is 0 Å². The Kier molecular flexibility index (Phi) is 5.74. The third-order valence-corrected chi connectivity index (χ3v) is 9.89. The fraction of sp³-hybridized carbons (Fsp3) is 0.880. The number of esters is 1. The number of hydrogen-bond donors (Lipinski definition) is 0. The molecule has 0 N–H and O–H groups in total. The normalized spacial score (nSPS) is 41.2. The van der Waals surface area contributed by atoms with Gasteiger partial charge in [0.1, 0.15) is 0 Å². The molecule has 3 aliphatic heterocycles. The predicted molar refractivity (Wildman–Crippen MR) is 116 cm³/mol. The second-order valence-corrected chi connectivity index (χ2v) is 11.2. The molecule has 1 spiro atoms. The topological polar surface area (TPSA) is 66.9 Å². The smallest absolute Gasteiger partial charge is 0.309 e. The van der Waals surface area contributed by atoms with Gasteiger partial charge < -0.3 is 9.64 Å². The number of carbonyl (C=O) groups excluding carboxylic acids is 3. The standard InChI is InChI=1S/C25H38N2O4/c1-16-18(3-4-19-20(16)15-31-24(19)30)5-10-26-11-6-25(7-12-26)8-13-27(14-9-25)21-17(2)22(28)23(21)29/h16-21H,3-15H2,1-2H3. The number of Topliss-reactive ketones (excluding diaryl/α,β-unsaturated/α-hetero) is 2. The average molecular weight is 431 g/mol. The molecule has 2 saturated carbocycles. The molecule has 31 heavy (non-hydrogen) atoms. The maximum atomic E-state index is 12.0. The molecule has 0 bridgehead atoms. The second-order valence-electron chi connectivity index (χ2n) is 11.2. The quantitative estimate of drug-likeness (QED) is 0.504. The molecule has 6 unspecified atom stereocenters. The average Bonchev–Trinajstić information content (AvgIpc) is 3.17. The van der Waals surface area contributed by atoms with Gasteiger partial charge in [-0.25, -0.2) is 0 Å². The zero-order valence-electron chi connectivity index (χ0n) is 19.2. The summed E-state index contributed by atoms with van der Waals surface area (Å²) in [6, 6.07) is -0.136. The van der Waals surface area contributed by atoms with Gasteiger partial charge in [0.25, 0.3) is 0 Å². The van der Waals surface area contributed by atoms with Crippen LogP contribution in [0.1, 0.15) is 58.8 Å². The molecule has 0 aromatic rings.